The fourth-order valence-corrected chi connectivity index (χ4v) is 4.61. The fraction of sp³-hybridized carbons (Fsp3) is 0.179. The zero-order valence-electron chi connectivity index (χ0n) is 20.0. The summed E-state index contributed by atoms with van der Waals surface area (Å²) in [5.74, 6) is 0.344. The Bertz CT molecular complexity index is 1680. The number of fused-ring (bicyclic) bond motifs is 2. The Morgan fingerprint density at radius 3 is 2.53 bits per heavy atom. The van der Waals surface area contributed by atoms with Gasteiger partial charge in [-0.25, -0.2) is 4.79 Å². The van der Waals surface area contributed by atoms with Crippen LogP contribution in [0, 0.1) is 0 Å². The summed E-state index contributed by atoms with van der Waals surface area (Å²) in [4.78, 5) is 43.9. The number of amides is 1. The SMILES string of the molecule is CCn1c(=O)[nH]c2cc(C(=O)NCC(c3ccc(OC)cc3)c3c[nH]c4ccccc34)ccc2c1=O. The quantitative estimate of drug-likeness (QED) is 0.328. The third kappa shape index (κ3) is 4.17. The number of H-pyrrole nitrogens is 2. The zero-order chi connectivity index (χ0) is 25.2. The number of para-hydroxylation sites is 1. The van der Waals surface area contributed by atoms with Crippen LogP contribution in [0.2, 0.25) is 0 Å². The van der Waals surface area contributed by atoms with Crippen molar-refractivity contribution in [2.45, 2.75) is 19.4 Å². The second kappa shape index (κ2) is 9.58. The van der Waals surface area contributed by atoms with Crippen molar-refractivity contribution in [1.82, 2.24) is 19.9 Å². The predicted molar refractivity (Wildman–Crippen MR) is 140 cm³/mol. The fourth-order valence-electron chi connectivity index (χ4n) is 4.61. The number of methoxy groups -OCH3 is 1. The Morgan fingerprint density at radius 2 is 1.78 bits per heavy atom. The van der Waals surface area contributed by atoms with Gasteiger partial charge in [-0.3, -0.25) is 14.2 Å². The van der Waals surface area contributed by atoms with Crippen LogP contribution in [0.5, 0.6) is 5.75 Å². The predicted octanol–water partition coefficient (Wildman–Crippen LogP) is 3.76. The summed E-state index contributed by atoms with van der Waals surface area (Å²) in [7, 11) is 1.63. The zero-order valence-corrected chi connectivity index (χ0v) is 20.0. The van der Waals surface area contributed by atoms with Gasteiger partial charge in [0.25, 0.3) is 11.5 Å². The highest BCUT2D eigenvalue weighted by Gasteiger charge is 2.20. The van der Waals surface area contributed by atoms with Gasteiger partial charge in [-0.05, 0) is 54.4 Å². The minimum Gasteiger partial charge on any atom is -0.497 e. The first-order valence-corrected chi connectivity index (χ1v) is 11.7. The number of aromatic amines is 2. The molecule has 8 nitrogen and oxygen atoms in total. The number of ether oxygens (including phenoxy) is 1. The molecule has 0 aliphatic heterocycles. The van der Waals surface area contributed by atoms with E-state index in [0.717, 1.165) is 32.3 Å². The van der Waals surface area contributed by atoms with Crippen LogP contribution in [0.4, 0.5) is 0 Å². The third-order valence-electron chi connectivity index (χ3n) is 6.54. The summed E-state index contributed by atoms with van der Waals surface area (Å²) < 4.78 is 6.44. The largest absolute Gasteiger partial charge is 0.497 e. The van der Waals surface area contributed by atoms with Crippen LogP contribution >= 0.6 is 0 Å². The van der Waals surface area contributed by atoms with E-state index in [4.69, 9.17) is 4.74 Å². The molecule has 2 heterocycles. The van der Waals surface area contributed by atoms with Crippen LogP contribution in [-0.4, -0.2) is 34.1 Å². The second-order valence-corrected chi connectivity index (χ2v) is 8.57. The monoisotopic (exact) mass is 482 g/mol. The van der Waals surface area contributed by atoms with Gasteiger partial charge in [0.05, 0.1) is 18.0 Å². The molecule has 1 unspecified atom stereocenters. The highest BCUT2D eigenvalue weighted by Crippen LogP contribution is 2.31. The average Bonchev–Trinajstić information content (AvgIpc) is 3.33. The lowest BCUT2D eigenvalue weighted by Gasteiger charge is -2.19. The molecule has 5 aromatic rings. The lowest BCUT2D eigenvalue weighted by molar-refractivity contribution is 0.0952. The summed E-state index contributed by atoms with van der Waals surface area (Å²) in [6.07, 6.45) is 1.98. The van der Waals surface area contributed by atoms with Gasteiger partial charge >= 0.3 is 5.69 Å². The van der Waals surface area contributed by atoms with Gasteiger partial charge in [0.15, 0.2) is 0 Å². The molecule has 0 fully saturated rings. The molecule has 1 atom stereocenters. The van der Waals surface area contributed by atoms with E-state index in [1.807, 2.05) is 48.7 Å². The Labute approximate surface area is 206 Å². The first kappa shape index (κ1) is 23.2. The van der Waals surface area contributed by atoms with E-state index in [1.54, 1.807) is 32.2 Å². The number of aromatic nitrogens is 3. The van der Waals surface area contributed by atoms with E-state index in [1.165, 1.54) is 0 Å². The Balaban J connectivity index is 1.46. The minimum atomic E-state index is -0.494. The molecule has 36 heavy (non-hydrogen) atoms. The minimum absolute atomic E-state index is 0.118. The van der Waals surface area contributed by atoms with Crippen molar-refractivity contribution < 1.29 is 9.53 Å². The Kier molecular flexibility index (Phi) is 6.16. The lowest BCUT2D eigenvalue weighted by Crippen LogP contribution is -2.34. The van der Waals surface area contributed by atoms with Gasteiger partial charge < -0.3 is 20.0 Å². The van der Waals surface area contributed by atoms with Crippen molar-refractivity contribution in [2.24, 2.45) is 0 Å². The van der Waals surface area contributed by atoms with Gasteiger partial charge in [0.2, 0.25) is 0 Å². The van der Waals surface area contributed by atoms with E-state index in [2.05, 4.69) is 21.4 Å². The van der Waals surface area contributed by atoms with Gasteiger partial charge in [-0.1, -0.05) is 30.3 Å². The molecule has 5 rings (SSSR count). The highest BCUT2D eigenvalue weighted by molar-refractivity contribution is 5.97. The maximum atomic E-state index is 13.1. The van der Waals surface area contributed by atoms with E-state index >= 15 is 0 Å². The van der Waals surface area contributed by atoms with Crippen molar-refractivity contribution in [1.29, 1.82) is 0 Å². The van der Waals surface area contributed by atoms with Gasteiger partial charge in [-0.15, -0.1) is 0 Å². The van der Waals surface area contributed by atoms with Crippen LogP contribution in [-0.2, 0) is 6.54 Å². The van der Waals surface area contributed by atoms with Crippen molar-refractivity contribution in [3.05, 3.63) is 110 Å². The molecule has 0 radical (unpaired) electrons. The molecular formula is C28H26N4O4. The number of nitrogens with one attached hydrogen (secondary N) is 3. The molecule has 2 aromatic heterocycles. The highest BCUT2D eigenvalue weighted by atomic mass is 16.5. The molecule has 3 N–H and O–H groups in total. The smallest absolute Gasteiger partial charge is 0.328 e. The van der Waals surface area contributed by atoms with Crippen LogP contribution in [0.15, 0.2) is 82.5 Å². The number of carbonyl (C=O) groups is 1. The summed E-state index contributed by atoms with van der Waals surface area (Å²) >= 11 is 0. The van der Waals surface area contributed by atoms with Gasteiger partial charge in [0.1, 0.15) is 5.75 Å². The Hall–Kier alpha value is -4.59. The molecule has 182 valence electrons. The second-order valence-electron chi connectivity index (χ2n) is 8.57. The number of nitrogens with zero attached hydrogens (tertiary/aromatic N) is 1. The number of benzene rings is 3. The van der Waals surface area contributed by atoms with Crippen LogP contribution in [0.3, 0.4) is 0 Å². The number of carbonyl (C=O) groups excluding carboxylic acids is 1. The molecule has 8 heteroatoms. The molecule has 0 aliphatic carbocycles. The Morgan fingerprint density at radius 1 is 1.00 bits per heavy atom. The van der Waals surface area contributed by atoms with E-state index in [0.29, 0.717) is 23.0 Å². The molecular weight excluding hydrogens is 456 g/mol. The standard InChI is InChI=1S/C28H26N4O4/c1-3-32-27(34)21-13-10-18(14-25(21)31-28(32)35)26(33)30-15-22(17-8-11-19(36-2)12-9-17)23-16-29-24-7-5-4-6-20(23)24/h4-14,16,22,29H,3,15H2,1-2H3,(H,30,33)(H,31,35). The summed E-state index contributed by atoms with van der Waals surface area (Å²) in [6, 6.07) is 20.6. The van der Waals surface area contributed by atoms with Crippen LogP contribution in [0.25, 0.3) is 21.8 Å². The van der Waals surface area contributed by atoms with Crippen LogP contribution in [0.1, 0.15) is 34.3 Å². The third-order valence-corrected chi connectivity index (χ3v) is 6.54. The van der Waals surface area contributed by atoms with E-state index in [9.17, 15) is 14.4 Å². The van der Waals surface area contributed by atoms with Crippen molar-refractivity contribution in [2.75, 3.05) is 13.7 Å². The van der Waals surface area contributed by atoms with E-state index in [-0.39, 0.29) is 23.9 Å². The summed E-state index contributed by atoms with van der Waals surface area (Å²) in [5, 5.41) is 4.49. The molecule has 1 amide bonds. The normalized spacial score (nSPS) is 12.1. The molecule has 3 aromatic carbocycles. The van der Waals surface area contributed by atoms with E-state index < -0.39 is 5.69 Å². The topological polar surface area (TPSA) is 109 Å². The number of hydrogen-bond acceptors (Lipinski definition) is 4. The maximum Gasteiger partial charge on any atom is 0.328 e. The summed E-state index contributed by atoms with van der Waals surface area (Å²) in [6.45, 7) is 2.35. The summed E-state index contributed by atoms with van der Waals surface area (Å²) in [5.41, 5.74) is 2.95. The first-order valence-electron chi connectivity index (χ1n) is 11.7. The van der Waals surface area contributed by atoms with Crippen molar-refractivity contribution in [3.8, 4) is 5.75 Å². The molecule has 0 aliphatic rings. The van der Waals surface area contributed by atoms with Gasteiger partial charge in [-0.2, -0.15) is 0 Å². The molecule has 0 saturated carbocycles. The lowest BCUT2D eigenvalue weighted by atomic mass is 9.90. The first-order chi connectivity index (χ1) is 17.5. The molecule has 0 spiro atoms. The maximum absolute atomic E-state index is 13.1. The van der Waals surface area contributed by atoms with Crippen LogP contribution < -0.4 is 21.3 Å². The van der Waals surface area contributed by atoms with Gasteiger partial charge in [0, 0.05) is 41.7 Å². The average molecular weight is 483 g/mol. The molecule has 0 saturated heterocycles. The van der Waals surface area contributed by atoms with Crippen molar-refractivity contribution >= 4 is 27.7 Å². The molecule has 0 bridgehead atoms. The number of hydrogen-bond donors (Lipinski definition) is 3. The van der Waals surface area contributed by atoms with Crippen molar-refractivity contribution in [3.63, 3.8) is 0 Å². The number of rotatable bonds is 7.